The fourth-order valence-corrected chi connectivity index (χ4v) is 1.90. The molecule has 0 saturated carbocycles. The van der Waals surface area contributed by atoms with E-state index in [4.69, 9.17) is 9.47 Å². The van der Waals surface area contributed by atoms with Gasteiger partial charge in [0.05, 0.1) is 26.4 Å². The first-order valence-electron chi connectivity index (χ1n) is 5.27. The number of carbonyl (C=O) groups excluding carboxylic acids is 1. The Labute approximate surface area is 84.2 Å². The van der Waals surface area contributed by atoms with Crippen LogP contribution in [0.3, 0.4) is 0 Å². The van der Waals surface area contributed by atoms with Crippen LogP contribution >= 0.6 is 0 Å². The summed E-state index contributed by atoms with van der Waals surface area (Å²) in [5, 5.41) is 0. The van der Waals surface area contributed by atoms with Crippen LogP contribution in [0, 0.1) is 5.92 Å². The van der Waals surface area contributed by atoms with Crippen molar-refractivity contribution >= 4 is 5.78 Å². The van der Waals surface area contributed by atoms with E-state index in [1.165, 1.54) is 0 Å². The quantitative estimate of drug-likeness (QED) is 0.637. The maximum atomic E-state index is 11.8. The SMILES string of the molecule is O=C(CN1CCOCC1)C1CCOC1. The molecular weight excluding hydrogens is 182 g/mol. The maximum Gasteiger partial charge on any atom is 0.152 e. The molecule has 2 aliphatic heterocycles. The highest BCUT2D eigenvalue weighted by Gasteiger charge is 2.25. The van der Waals surface area contributed by atoms with Crippen molar-refractivity contribution in [2.75, 3.05) is 46.1 Å². The Hall–Kier alpha value is -0.450. The summed E-state index contributed by atoms with van der Waals surface area (Å²) < 4.78 is 10.4. The molecule has 0 radical (unpaired) electrons. The van der Waals surface area contributed by atoms with Gasteiger partial charge in [-0.1, -0.05) is 0 Å². The van der Waals surface area contributed by atoms with Gasteiger partial charge in [-0.05, 0) is 6.42 Å². The van der Waals surface area contributed by atoms with Gasteiger partial charge in [-0.3, -0.25) is 9.69 Å². The summed E-state index contributed by atoms with van der Waals surface area (Å²) >= 11 is 0. The van der Waals surface area contributed by atoms with E-state index in [0.29, 0.717) is 18.9 Å². The van der Waals surface area contributed by atoms with Crippen LogP contribution in [0.1, 0.15) is 6.42 Å². The van der Waals surface area contributed by atoms with Crippen molar-refractivity contribution in [2.24, 2.45) is 5.92 Å². The predicted molar refractivity (Wildman–Crippen MR) is 51.2 cm³/mol. The van der Waals surface area contributed by atoms with Crippen LogP contribution in [0.2, 0.25) is 0 Å². The fraction of sp³-hybridized carbons (Fsp3) is 0.900. The Kier molecular flexibility index (Phi) is 3.50. The molecule has 2 rings (SSSR count). The van der Waals surface area contributed by atoms with Crippen LogP contribution in [0.15, 0.2) is 0 Å². The molecule has 4 nitrogen and oxygen atoms in total. The molecule has 2 aliphatic rings. The van der Waals surface area contributed by atoms with E-state index in [1.54, 1.807) is 0 Å². The van der Waals surface area contributed by atoms with Crippen LogP contribution < -0.4 is 0 Å². The third-order valence-corrected chi connectivity index (χ3v) is 2.87. The number of ketones is 1. The zero-order valence-corrected chi connectivity index (χ0v) is 8.41. The summed E-state index contributed by atoms with van der Waals surface area (Å²) in [4.78, 5) is 13.9. The fourth-order valence-electron chi connectivity index (χ4n) is 1.90. The lowest BCUT2D eigenvalue weighted by molar-refractivity contribution is -0.125. The van der Waals surface area contributed by atoms with Gasteiger partial charge in [0.25, 0.3) is 0 Å². The molecule has 0 aliphatic carbocycles. The van der Waals surface area contributed by atoms with Gasteiger partial charge >= 0.3 is 0 Å². The van der Waals surface area contributed by atoms with Crippen molar-refractivity contribution in [1.82, 2.24) is 4.90 Å². The number of Topliss-reactive ketones (excluding diaryl/α,β-unsaturated/α-hetero) is 1. The van der Waals surface area contributed by atoms with E-state index in [9.17, 15) is 4.79 Å². The van der Waals surface area contributed by atoms with E-state index < -0.39 is 0 Å². The zero-order valence-electron chi connectivity index (χ0n) is 8.41. The third-order valence-electron chi connectivity index (χ3n) is 2.87. The standard InChI is InChI=1S/C10H17NO3/c12-10(9-1-4-14-8-9)7-11-2-5-13-6-3-11/h9H,1-8H2. The van der Waals surface area contributed by atoms with E-state index in [2.05, 4.69) is 4.90 Å². The van der Waals surface area contributed by atoms with Gasteiger partial charge < -0.3 is 9.47 Å². The summed E-state index contributed by atoms with van der Waals surface area (Å²) in [7, 11) is 0. The highest BCUT2D eigenvalue weighted by Crippen LogP contribution is 2.14. The molecule has 0 aromatic carbocycles. The predicted octanol–water partition coefficient (Wildman–Crippen LogP) is -0.0758. The molecule has 2 heterocycles. The van der Waals surface area contributed by atoms with E-state index >= 15 is 0 Å². The average Bonchev–Trinajstić information content (AvgIpc) is 2.72. The van der Waals surface area contributed by atoms with Gasteiger partial charge in [0.15, 0.2) is 5.78 Å². The van der Waals surface area contributed by atoms with Crippen molar-refractivity contribution in [2.45, 2.75) is 6.42 Å². The minimum Gasteiger partial charge on any atom is -0.381 e. The van der Waals surface area contributed by atoms with Crippen LogP contribution in [0.25, 0.3) is 0 Å². The molecule has 80 valence electrons. The number of ether oxygens (including phenoxy) is 2. The minimum atomic E-state index is 0.151. The lowest BCUT2D eigenvalue weighted by Gasteiger charge is -2.26. The molecule has 0 amide bonds. The second-order valence-corrected chi connectivity index (χ2v) is 3.92. The smallest absolute Gasteiger partial charge is 0.152 e. The van der Waals surface area contributed by atoms with Crippen molar-refractivity contribution in [3.05, 3.63) is 0 Å². The summed E-state index contributed by atoms with van der Waals surface area (Å²) in [5.41, 5.74) is 0. The maximum absolute atomic E-state index is 11.8. The molecule has 1 unspecified atom stereocenters. The molecule has 2 saturated heterocycles. The van der Waals surface area contributed by atoms with Gasteiger partial charge in [-0.25, -0.2) is 0 Å². The normalized spacial score (nSPS) is 29.3. The van der Waals surface area contributed by atoms with Crippen LogP contribution in [0.4, 0.5) is 0 Å². The Morgan fingerprint density at radius 2 is 2.00 bits per heavy atom. The van der Waals surface area contributed by atoms with E-state index in [-0.39, 0.29) is 5.92 Å². The molecule has 4 heteroatoms. The second-order valence-electron chi connectivity index (χ2n) is 3.92. The monoisotopic (exact) mass is 199 g/mol. The lowest BCUT2D eigenvalue weighted by Crippen LogP contribution is -2.41. The molecule has 0 N–H and O–H groups in total. The molecule has 1 atom stereocenters. The zero-order chi connectivity index (χ0) is 9.80. The summed E-state index contributed by atoms with van der Waals surface area (Å²) in [5.74, 6) is 0.488. The summed E-state index contributed by atoms with van der Waals surface area (Å²) in [6.07, 6.45) is 0.906. The largest absolute Gasteiger partial charge is 0.381 e. The molecule has 0 aromatic heterocycles. The number of hydrogen-bond acceptors (Lipinski definition) is 4. The lowest BCUT2D eigenvalue weighted by atomic mass is 10.0. The summed E-state index contributed by atoms with van der Waals surface area (Å²) in [6, 6.07) is 0. The second kappa shape index (κ2) is 4.87. The van der Waals surface area contributed by atoms with Crippen molar-refractivity contribution in [3.8, 4) is 0 Å². The van der Waals surface area contributed by atoms with Crippen LogP contribution in [-0.2, 0) is 14.3 Å². The average molecular weight is 199 g/mol. The van der Waals surface area contributed by atoms with Crippen molar-refractivity contribution in [3.63, 3.8) is 0 Å². The molecule has 0 spiro atoms. The van der Waals surface area contributed by atoms with Gasteiger partial charge in [0, 0.05) is 25.6 Å². The van der Waals surface area contributed by atoms with Gasteiger partial charge in [0.2, 0.25) is 0 Å². The number of morpholine rings is 1. The highest BCUT2D eigenvalue weighted by atomic mass is 16.5. The first kappa shape index (κ1) is 10.1. The van der Waals surface area contributed by atoms with E-state index in [1.807, 2.05) is 0 Å². The summed E-state index contributed by atoms with van der Waals surface area (Å²) in [6.45, 7) is 5.25. The number of nitrogens with zero attached hydrogens (tertiary/aromatic N) is 1. The molecule has 0 aromatic rings. The van der Waals surface area contributed by atoms with Gasteiger partial charge in [0.1, 0.15) is 0 Å². The van der Waals surface area contributed by atoms with Crippen molar-refractivity contribution < 1.29 is 14.3 Å². The van der Waals surface area contributed by atoms with Gasteiger partial charge in [-0.2, -0.15) is 0 Å². The molecular formula is C10H17NO3. The highest BCUT2D eigenvalue weighted by molar-refractivity contribution is 5.83. The third kappa shape index (κ3) is 2.53. The molecule has 2 fully saturated rings. The Bertz CT molecular complexity index is 196. The first-order valence-corrected chi connectivity index (χ1v) is 5.27. The van der Waals surface area contributed by atoms with Crippen LogP contribution in [0.5, 0.6) is 0 Å². The van der Waals surface area contributed by atoms with Gasteiger partial charge in [-0.15, -0.1) is 0 Å². The minimum absolute atomic E-state index is 0.151. The topological polar surface area (TPSA) is 38.8 Å². The number of carbonyl (C=O) groups is 1. The molecule has 14 heavy (non-hydrogen) atoms. The number of hydrogen-bond donors (Lipinski definition) is 0. The van der Waals surface area contributed by atoms with Crippen LogP contribution in [-0.4, -0.2) is 56.7 Å². The molecule has 0 bridgehead atoms. The first-order chi connectivity index (χ1) is 6.86. The number of rotatable bonds is 3. The van der Waals surface area contributed by atoms with E-state index in [0.717, 1.165) is 39.3 Å². The Balaban J connectivity index is 1.75. The Morgan fingerprint density at radius 3 is 2.64 bits per heavy atom. The van der Waals surface area contributed by atoms with Crippen molar-refractivity contribution in [1.29, 1.82) is 0 Å². The Morgan fingerprint density at radius 1 is 1.21 bits per heavy atom.